The van der Waals surface area contributed by atoms with Gasteiger partial charge in [0.25, 0.3) is 11.8 Å². The van der Waals surface area contributed by atoms with Crippen LogP contribution in [0.5, 0.6) is 0 Å². The van der Waals surface area contributed by atoms with Crippen LogP contribution in [0, 0.1) is 19.7 Å². The van der Waals surface area contributed by atoms with Crippen LogP contribution in [0.2, 0.25) is 0 Å². The third-order valence-corrected chi connectivity index (χ3v) is 5.30. The topological polar surface area (TPSA) is 66.5 Å². The van der Waals surface area contributed by atoms with Gasteiger partial charge < -0.3 is 0 Å². The molecular formula is C26H21FN2O3. The molecule has 160 valence electrons. The number of nitrogens with zero attached hydrogens (tertiary/aromatic N) is 1. The molecule has 0 bridgehead atoms. The summed E-state index contributed by atoms with van der Waals surface area (Å²) in [6, 6.07) is 18.4. The lowest BCUT2D eigenvalue weighted by Gasteiger charge is -2.27. The van der Waals surface area contributed by atoms with Crippen LogP contribution in [-0.4, -0.2) is 17.8 Å². The van der Waals surface area contributed by atoms with Gasteiger partial charge in [-0.1, -0.05) is 48.5 Å². The zero-order valence-electron chi connectivity index (χ0n) is 17.7. The molecule has 0 saturated carbocycles. The molecular weight excluding hydrogens is 407 g/mol. The Balaban J connectivity index is 1.61. The Kier molecular flexibility index (Phi) is 5.69. The van der Waals surface area contributed by atoms with Crippen molar-refractivity contribution in [3.05, 3.63) is 106 Å². The van der Waals surface area contributed by atoms with E-state index in [9.17, 15) is 18.8 Å². The van der Waals surface area contributed by atoms with Crippen LogP contribution in [0.4, 0.5) is 14.9 Å². The number of hydrogen-bond acceptors (Lipinski definition) is 3. The van der Waals surface area contributed by atoms with Crippen LogP contribution >= 0.6 is 0 Å². The molecule has 5 nitrogen and oxygen atoms in total. The molecule has 0 aromatic heterocycles. The van der Waals surface area contributed by atoms with Gasteiger partial charge in [0.05, 0.1) is 5.69 Å². The van der Waals surface area contributed by atoms with Crippen molar-refractivity contribution in [2.24, 2.45) is 0 Å². The first kappa shape index (κ1) is 21.2. The molecule has 0 spiro atoms. The van der Waals surface area contributed by atoms with Crippen molar-refractivity contribution >= 4 is 29.6 Å². The maximum atomic E-state index is 13.4. The summed E-state index contributed by atoms with van der Waals surface area (Å²) in [4.78, 5) is 38.9. The second kappa shape index (κ2) is 8.59. The highest BCUT2D eigenvalue weighted by atomic mass is 19.1. The Labute approximate surface area is 185 Å². The van der Waals surface area contributed by atoms with Crippen molar-refractivity contribution in [2.75, 3.05) is 4.90 Å². The van der Waals surface area contributed by atoms with E-state index in [2.05, 4.69) is 5.32 Å². The maximum Gasteiger partial charge on any atom is 0.335 e. The predicted molar refractivity (Wildman–Crippen MR) is 121 cm³/mol. The number of amides is 4. The number of barbiturate groups is 1. The molecule has 1 N–H and O–H groups in total. The molecule has 1 fully saturated rings. The first-order valence-corrected chi connectivity index (χ1v) is 10.1. The quantitative estimate of drug-likeness (QED) is 0.484. The molecule has 1 saturated heterocycles. The molecule has 0 aliphatic carbocycles. The van der Waals surface area contributed by atoms with Gasteiger partial charge in [-0.25, -0.2) is 14.1 Å². The van der Waals surface area contributed by atoms with Crippen molar-refractivity contribution in [3.63, 3.8) is 0 Å². The number of nitrogens with one attached hydrogen (secondary N) is 1. The SMILES string of the molecule is Cc1ccc(C)c(N2C(=O)NC(=O)/C(=C\c3ccc(Cc4cccc(F)c4)cc3)C2=O)c1. The minimum atomic E-state index is -0.767. The lowest BCUT2D eigenvalue weighted by atomic mass is 10.0. The molecule has 4 rings (SSSR count). The average Bonchev–Trinajstić information content (AvgIpc) is 2.75. The molecule has 1 aliphatic rings. The Bertz CT molecular complexity index is 1260. The Hall–Kier alpha value is -4.06. The fourth-order valence-electron chi connectivity index (χ4n) is 3.62. The van der Waals surface area contributed by atoms with E-state index in [1.807, 2.05) is 37.3 Å². The second-order valence-electron chi connectivity index (χ2n) is 7.80. The first-order valence-electron chi connectivity index (χ1n) is 10.1. The fourth-order valence-corrected chi connectivity index (χ4v) is 3.62. The van der Waals surface area contributed by atoms with Crippen LogP contribution in [0.3, 0.4) is 0 Å². The van der Waals surface area contributed by atoms with Crippen LogP contribution in [0.1, 0.15) is 27.8 Å². The van der Waals surface area contributed by atoms with E-state index in [0.29, 0.717) is 17.7 Å². The van der Waals surface area contributed by atoms with Gasteiger partial charge in [-0.15, -0.1) is 0 Å². The average molecular weight is 428 g/mol. The summed E-state index contributed by atoms with van der Waals surface area (Å²) in [6.45, 7) is 3.66. The third kappa shape index (κ3) is 4.34. The summed E-state index contributed by atoms with van der Waals surface area (Å²) in [7, 11) is 0. The van der Waals surface area contributed by atoms with Gasteiger partial charge in [-0.2, -0.15) is 0 Å². The minimum absolute atomic E-state index is 0.122. The summed E-state index contributed by atoms with van der Waals surface area (Å²) in [6.07, 6.45) is 2.02. The third-order valence-electron chi connectivity index (χ3n) is 5.30. The van der Waals surface area contributed by atoms with Crippen molar-refractivity contribution < 1.29 is 18.8 Å². The zero-order chi connectivity index (χ0) is 22.8. The van der Waals surface area contributed by atoms with Gasteiger partial charge in [-0.3, -0.25) is 14.9 Å². The summed E-state index contributed by atoms with van der Waals surface area (Å²) in [5, 5.41) is 2.25. The van der Waals surface area contributed by atoms with E-state index in [0.717, 1.165) is 27.2 Å². The largest absolute Gasteiger partial charge is 0.335 e. The first-order chi connectivity index (χ1) is 15.3. The molecule has 3 aromatic rings. The normalized spacial score (nSPS) is 15.3. The summed E-state index contributed by atoms with van der Waals surface area (Å²) in [5.41, 5.74) is 4.41. The number of hydrogen-bond donors (Lipinski definition) is 1. The van der Waals surface area contributed by atoms with Crippen LogP contribution in [0.15, 0.2) is 72.3 Å². The van der Waals surface area contributed by atoms with E-state index in [1.54, 1.807) is 31.2 Å². The summed E-state index contributed by atoms with van der Waals surface area (Å²) >= 11 is 0. The lowest BCUT2D eigenvalue weighted by molar-refractivity contribution is -0.122. The zero-order valence-corrected chi connectivity index (χ0v) is 17.7. The van der Waals surface area contributed by atoms with E-state index < -0.39 is 17.8 Å². The number of carbonyl (C=O) groups excluding carboxylic acids is 3. The number of anilines is 1. The standard InChI is InChI=1S/C26H21FN2O3/c1-16-6-7-17(2)23(12-16)29-25(31)22(24(30)28-26(29)32)15-19-10-8-18(9-11-19)13-20-4-3-5-21(27)14-20/h3-12,14-15H,13H2,1-2H3,(H,28,30,32)/b22-15+. The van der Waals surface area contributed by atoms with Crippen molar-refractivity contribution in [3.8, 4) is 0 Å². The number of aryl methyl sites for hydroxylation is 2. The summed E-state index contributed by atoms with van der Waals surface area (Å²) < 4.78 is 13.4. The molecule has 32 heavy (non-hydrogen) atoms. The smallest absolute Gasteiger partial charge is 0.273 e. The number of halogens is 1. The highest BCUT2D eigenvalue weighted by Gasteiger charge is 2.37. The molecule has 0 radical (unpaired) electrons. The van der Waals surface area contributed by atoms with E-state index in [4.69, 9.17) is 0 Å². The monoisotopic (exact) mass is 428 g/mol. The van der Waals surface area contributed by atoms with Gasteiger partial charge in [0, 0.05) is 0 Å². The molecule has 0 unspecified atom stereocenters. The second-order valence-corrected chi connectivity index (χ2v) is 7.80. The van der Waals surface area contributed by atoms with Gasteiger partial charge in [0.15, 0.2) is 0 Å². The van der Waals surface area contributed by atoms with Crippen LogP contribution in [0.25, 0.3) is 6.08 Å². The molecule has 1 heterocycles. The van der Waals surface area contributed by atoms with Crippen LogP contribution < -0.4 is 10.2 Å². The molecule has 0 atom stereocenters. The number of benzene rings is 3. The molecule has 1 aliphatic heterocycles. The van der Waals surface area contributed by atoms with Crippen molar-refractivity contribution in [2.45, 2.75) is 20.3 Å². The van der Waals surface area contributed by atoms with Crippen molar-refractivity contribution in [1.82, 2.24) is 5.32 Å². The maximum absolute atomic E-state index is 13.4. The van der Waals surface area contributed by atoms with Crippen molar-refractivity contribution in [1.29, 1.82) is 0 Å². The van der Waals surface area contributed by atoms with Gasteiger partial charge in [-0.05, 0) is 72.4 Å². The summed E-state index contributed by atoms with van der Waals surface area (Å²) in [5.74, 6) is -1.68. The van der Waals surface area contributed by atoms with E-state index in [1.165, 1.54) is 18.2 Å². The fraction of sp³-hybridized carbons (Fsp3) is 0.115. The molecule has 4 amide bonds. The van der Waals surface area contributed by atoms with E-state index in [-0.39, 0.29) is 11.4 Å². The number of carbonyl (C=O) groups is 3. The van der Waals surface area contributed by atoms with Gasteiger partial charge in [0.2, 0.25) is 0 Å². The lowest BCUT2D eigenvalue weighted by Crippen LogP contribution is -2.54. The Morgan fingerprint density at radius 1 is 0.906 bits per heavy atom. The van der Waals surface area contributed by atoms with Gasteiger partial charge in [0.1, 0.15) is 11.4 Å². The Morgan fingerprint density at radius 2 is 1.66 bits per heavy atom. The number of imide groups is 2. The minimum Gasteiger partial charge on any atom is -0.273 e. The Morgan fingerprint density at radius 3 is 2.38 bits per heavy atom. The number of rotatable bonds is 4. The molecule has 6 heteroatoms. The highest BCUT2D eigenvalue weighted by Crippen LogP contribution is 2.26. The highest BCUT2D eigenvalue weighted by molar-refractivity contribution is 6.39. The van der Waals surface area contributed by atoms with E-state index >= 15 is 0 Å². The number of urea groups is 1. The van der Waals surface area contributed by atoms with Crippen LogP contribution in [-0.2, 0) is 16.0 Å². The predicted octanol–water partition coefficient (Wildman–Crippen LogP) is 4.70. The molecule has 3 aromatic carbocycles. The van der Waals surface area contributed by atoms with Gasteiger partial charge >= 0.3 is 6.03 Å².